The summed E-state index contributed by atoms with van der Waals surface area (Å²) >= 11 is 7.64. The highest BCUT2D eigenvalue weighted by atomic mass is 127. The Balaban J connectivity index is 0.00000288. The third kappa shape index (κ3) is 6.22. The minimum Gasteiger partial charge on any atom is -0.357 e. The second-order valence-corrected chi connectivity index (χ2v) is 7.09. The molecule has 2 N–H and O–H groups in total. The predicted octanol–water partition coefficient (Wildman–Crippen LogP) is 4.85. The lowest BCUT2D eigenvalue weighted by atomic mass is 10.1. The van der Waals surface area contributed by atoms with E-state index in [0.29, 0.717) is 6.54 Å². The molecule has 0 aliphatic rings. The van der Waals surface area contributed by atoms with E-state index in [1.165, 1.54) is 10.4 Å². The normalized spacial score (nSPS) is 12.5. The summed E-state index contributed by atoms with van der Waals surface area (Å²) in [6, 6.07) is 8.00. The van der Waals surface area contributed by atoms with Crippen LogP contribution in [-0.4, -0.2) is 17.5 Å². The van der Waals surface area contributed by atoms with Crippen LogP contribution in [0.3, 0.4) is 0 Å². The van der Waals surface area contributed by atoms with Gasteiger partial charge in [-0.25, -0.2) is 9.98 Å². The zero-order chi connectivity index (χ0) is 16.8. The summed E-state index contributed by atoms with van der Waals surface area (Å²) in [4.78, 5) is 10.4. The van der Waals surface area contributed by atoms with Crippen LogP contribution in [0, 0.1) is 13.8 Å². The molecule has 2 aromatic rings. The average molecular weight is 479 g/mol. The number of aromatic nitrogens is 1. The Morgan fingerprint density at radius 2 is 1.96 bits per heavy atom. The lowest BCUT2D eigenvalue weighted by Gasteiger charge is -2.18. The molecule has 1 unspecified atom stereocenters. The van der Waals surface area contributed by atoms with E-state index < -0.39 is 0 Å². The Hall–Kier alpha value is -0.860. The van der Waals surface area contributed by atoms with Crippen molar-refractivity contribution in [2.24, 2.45) is 4.99 Å². The first-order valence-corrected chi connectivity index (χ1v) is 8.92. The van der Waals surface area contributed by atoms with E-state index in [2.05, 4.69) is 41.4 Å². The summed E-state index contributed by atoms with van der Waals surface area (Å²) in [6.45, 7) is 9.68. The summed E-state index contributed by atoms with van der Waals surface area (Å²) in [5.74, 6) is 0.792. The molecule has 24 heavy (non-hydrogen) atoms. The zero-order valence-electron chi connectivity index (χ0n) is 14.4. The molecule has 4 nitrogen and oxygen atoms in total. The van der Waals surface area contributed by atoms with Crippen molar-refractivity contribution in [1.82, 2.24) is 15.6 Å². The highest BCUT2D eigenvalue weighted by Crippen LogP contribution is 2.18. The lowest BCUT2D eigenvalue weighted by molar-refractivity contribution is 0.686. The van der Waals surface area contributed by atoms with Gasteiger partial charge >= 0.3 is 0 Å². The summed E-state index contributed by atoms with van der Waals surface area (Å²) in [5, 5.41) is 8.48. The van der Waals surface area contributed by atoms with Crippen molar-refractivity contribution in [2.75, 3.05) is 6.54 Å². The Morgan fingerprint density at radius 1 is 1.29 bits per heavy atom. The van der Waals surface area contributed by atoms with Gasteiger partial charge in [0.05, 0.1) is 18.3 Å². The first-order chi connectivity index (χ1) is 11.0. The van der Waals surface area contributed by atoms with E-state index in [-0.39, 0.29) is 30.0 Å². The number of benzene rings is 1. The summed E-state index contributed by atoms with van der Waals surface area (Å²) in [5.41, 5.74) is 2.26. The van der Waals surface area contributed by atoms with Gasteiger partial charge in [-0.1, -0.05) is 23.7 Å². The zero-order valence-corrected chi connectivity index (χ0v) is 18.3. The van der Waals surface area contributed by atoms with Crippen LogP contribution in [0.2, 0.25) is 5.02 Å². The van der Waals surface area contributed by atoms with Crippen LogP contribution in [0.5, 0.6) is 0 Å². The number of nitrogens with zero attached hydrogens (tertiary/aromatic N) is 2. The Kier molecular flexibility index (Phi) is 9.01. The highest BCUT2D eigenvalue weighted by molar-refractivity contribution is 14.0. The quantitative estimate of drug-likeness (QED) is 0.367. The van der Waals surface area contributed by atoms with Crippen molar-refractivity contribution in [2.45, 2.75) is 40.3 Å². The largest absolute Gasteiger partial charge is 0.357 e. The van der Waals surface area contributed by atoms with Crippen molar-refractivity contribution in [3.05, 3.63) is 50.4 Å². The van der Waals surface area contributed by atoms with E-state index >= 15 is 0 Å². The number of aryl methyl sites for hydroxylation is 2. The SMILES string of the molecule is CCNC(=NCc1nc(C)c(C)s1)NC(C)c1ccc(Cl)cc1.I. The number of aliphatic imine (C=N–C) groups is 1. The average Bonchev–Trinajstić information content (AvgIpc) is 2.84. The molecule has 132 valence electrons. The van der Waals surface area contributed by atoms with Gasteiger partial charge in [0, 0.05) is 16.4 Å². The van der Waals surface area contributed by atoms with E-state index in [4.69, 9.17) is 11.6 Å². The van der Waals surface area contributed by atoms with Crippen LogP contribution in [0.1, 0.15) is 41.0 Å². The molecule has 1 heterocycles. The molecule has 0 aliphatic carbocycles. The van der Waals surface area contributed by atoms with Crippen molar-refractivity contribution in [3.8, 4) is 0 Å². The van der Waals surface area contributed by atoms with E-state index in [1.54, 1.807) is 11.3 Å². The third-order valence-corrected chi connectivity index (χ3v) is 4.82. The fourth-order valence-corrected chi connectivity index (χ4v) is 3.10. The van der Waals surface area contributed by atoms with Gasteiger partial charge in [-0.2, -0.15) is 0 Å². The second kappa shape index (κ2) is 10.2. The smallest absolute Gasteiger partial charge is 0.192 e. The Morgan fingerprint density at radius 3 is 2.50 bits per heavy atom. The molecule has 0 spiro atoms. The maximum absolute atomic E-state index is 5.94. The van der Waals surface area contributed by atoms with Gasteiger partial charge in [0.15, 0.2) is 5.96 Å². The minimum atomic E-state index is 0. The van der Waals surface area contributed by atoms with Crippen molar-refractivity contribution < 1.29 is 0 Å². The molecule has 0 amide bonds. The van der Waals surface area contributed by atoms with Gasteiger partial charge < -0.3 is 10.6 Å². The fourth-order valence-electron chi connectivity index (χ4n) is 2.11. The van der Waals surface area contributed by atoms with Gasteiger partial charge in [-0.3, -0.25) is 0 Å². The number of rotatable bonds is 5. The number of guanidine groups is 1. The molecule has 0 aliphatic heterocycles. The Labute approximate surface area is 170 Å². The van der Waals surface area contributed by atoms with Crippen molar-refractivity contribution in [1.29, 1.82) is 0 Å². The number of hydrogen-bond acceptors (Lipinski definition) is 3. The van der Waals surface area contributed by atoms with Gasteiger partial charge in [0.2, 0.25) is 0 Å². The van der Waals surface area contributed by atoms with Crippen LogP contribution in [0.4, 0.5) is 0 Å². The molecule has 1 atom stereocenters. The second-order valence-electron chi connectivity index (χ2n) is 5.36. The van der Waals surface area contributed by atoms with E-state index in [0.717, 1.165) is 28.2 Å². The van der Waals surface area contributed by atoms with Crippen LogP contribution in [0.15, 0.2) is 29.3 Å². The molecule has 1 aromatic heterocycles. The Bertz CT molecular complexity index is 650. The van der Waals surface area contributed by atoms with Gasteiger partial charge in [-0.15, -0.1) is 35.3 Å². The maximum atomic E-state index is 5.94. The number of nitrogens with one attached hydrogen (secondary N) is 2. The van der Waals surface area contributed by atoms with Gasteiger partial charge in [-0.05, 0) is 45.4 Å². The minimum absolute atomic E-state index is 0. The monoisotopic (exact) mass is 478 g/mol. The molecule has 7 heteroatoms. The number of thiazole rings is 1. The lowest BCUT2D eigenvalue weighted by Crippen LogP contribution is -2.38. The molecule has 0 saturated carbocycles. The maximum Gasteiger partial charge on any atom is 0.192 e. The van der Waals surface area contributed by atoms with Crippen LogP contribution < -0.4 is 10.6 Å². The van der Waals surface area contributed by atoms with Gasteiger partial charge in [0.1, 0.15) is 5.01 Å². The topological polar surface area (TPSA) is 49.3 Å². The van der Waals surface area contributed by atoms with Crippen LogP contribution in [0.25, 0.3) is 0 Å². The summed E-state index contributed by atoms with van der Waals surface area (Å²) < 4.78 is 0. The van der Waals surface area contributed by atoms with Crippen molar-refractivity contribution >= 4 is 52.9 Å². The standard InChI is InChI=1S/C17H23ClN4S.HI/c1-5-19-17(20-10-16-21-11(2)13(4)23-16)22-12(3)14-6-8-15(18)9-7-14;/h6-9,12H,5,10H2,1-4H3,(H2,19,20,22);1H. The molecular weight excluding hydrogens is 455 g/mol. The first-order valence-electron chi connectivity index (χ1n) is 7.72. The summed E-state index contributed by atoms with van der Waals surface area (Å²) in [6.07, 6.45) is 0. The first kappa shape index (κ1) is 21.2. The molecule has 2 rings (SSSR count). The molecule has 0 bridgehead atoms. The van der Waals surface area contributed by atoms with E-state index in [9.17, 15) is 0 Å². The third-order valence-electron chi connectivity index (χ3n) is 3.51. The predicted molar refractivity (Wildman–Crippen MR) is 115 cm³/mol. The molecular formula is C17H24ClIN4S. The van der Waals surface area contributed by atoms with Crippen LogP contribution in [-0.2, 0) is 6.54 Å². The number of halogens is 2. The van der Waals surface area contributed by atoms with Crippen LogP contribution >= 0.6 is 46.9 Å². The van der Waals surface area contributed by atoms with E-state index in [1.807, 2.05) is 31.2 Å². The summed E-state index contributed by atoms with van der Waals surface area (Å²) in [7, 11) is 0. The molecule has 0 fully saturated rings. The van der Waals surface area contributed by atoms with Crippen molar-refractivity contribution in [3.63, 3.8) is 0 Å². The number of hydrogen-bond donors (Lipinski definition) is 2. The molecule has 0 radical (unpaired) electrons. The van der Waals surface area contributed by atoms with Gasteiger partial charge in [0.25, 0.3) is 0 Å². The highest BCUT2D eigenvalue weighted by Gasteiger charge is 2.08. The molecule has 0 saturated heterocycles. The fraction of sp³-hybridized carbons (Fsp3) is 0.412. The molecule has 1 aromatic carbocycles.